The van der Waals surface area contributed by atoms with E-state index in [4.69, 9.17) is 5.73 Å². The molecule has 1 aromatic carbocycles. The van der Waals surface area contributed by atoms with Crippen molar-refractivity contribution in [3.05, 3.63) is 41.0 Å². The molecule has 2 aromatic rings. The largest absolute Gasteiger partial charge is 0.336 e. The van der Waals surface area contributed by atoms with Crippen LogP contribution >= 0.6 is 11.3 Å². The highest BCUT2D eigenvalue weighted by atomic mass is 32.1. The molecule has 1 aliphatic heterocycles. The maximum Gasteiger partial charge on any atom is 0.274 e. The van der Waals surface area contributed by atoms with E-state index in [1.807, 2.05) is 23.1 Å². The topological polar surface area (TPSA) is 59.2 Å². The average Bonchev–Trinajstić information content (AvgIpc) is 3.07. The normalized spacial score (nSPS) is 18.5. The Morgan fingerprint density at radius 1 is 1.45 bits per heavy atom. The molecular weight excluding hydrogens is 270 g/mol. The molecule has 20 heavy (non-hydrogen) atoms. The molecule has 1 aliphatic rings. The molecule has 0 radical (unpaired) electrons. The van der Waals surface area contributed by atoms with Crippen LogP contribution in [-0.2, 0) is 0 Å². The van der Waals surface area contributed by atoms with Crippen molar-refractivity contribution in [1.82, 2.24) is 9.88 Å². The molecule has 1 aromatic heterocycles. The standard InChI is InChI=1S/C15H17N3OS/c1-10-4-2-3-5-12(10)14-13(17-9-20-14)15(19)18-7-6-11(16)8-18/h2-5,9,11H,6-8,16H2,1H3. The van der Waals surface area contributed by atoms with Gasteiger partial charge in [0, 0.05) is 19.1 Å². The van der Waals surface area contributed by atoms with E-state index < -0.39 is 0 Å². The van der Waals surface area contributed by atoms with Crippen LogP contribution in [0.3, 0.4) is 0 Å². The quantitative estimate of drug-likeness (QED) is 0.922. The summed E-state index contributed by atoms with van der Waals surface area (Å²) in [5, 5.41) is 0. The van der Waals surface area contributed by atoms with Gasteiger partial charge in [0.05, 0.1) is 10.4 Å². The Morgan fingerprint density at radius 2 is 2.25 bits per heavy atom. The van der Waals surface area contributed by atoms with Crippen molar-refractivity contribution in [3.63, 3.8) is 0 Å². The fraction of sp³-hybridized carbons (Fsp3) is 0.333. The summed E-state index contributed by atoms with van der Waals surface area (Å²) in [7, 11) is 0. The Bertz CT molecular complexity index is 638. The minimum atomic E-state index is -0.00236. The number of hydrogen-bond donors (Lipinski definition) is 1. The monoisotopic (exact) mass is 287 g/mol. The van der Waals surface area contributed by atoms with Crippen LogP contribution in [0, 0.1) is 6.92 Å². The second-order valence-electron chi connectivity index (χ2n) is 5.14. The Kier molecular flexibility index (Phi) is 3.54. The Hall–Kier alpha value is -1.72. The molecule has 0 bridgehead atoms. The van der Waals surface area contributed by atoms with Crippen LogP contribution in [0.4, 0.5) is 0 Å². The molecule has 1 amide bonds. The Balaban J connectivity index is 1.95. The summed E-state index contributed by atoms with van der Waals surface area (Å²) in [5.41, 5.74) is 10.4. The number of nitrogens with two attached hydrogens (primary N) is 1. The lowest BCUT2D eigenvalue weighted by Crippen LogP contribution is -2.32. The minimum absolute atomic E-state index is 0.00236. The molecule has 5 heteroatoms. The summed E-state index contributed by atoms with van der Waals surface area (Å²) in [5.74, 6) is -0.00236. The zero-order valence-electron chi connectivity index (χ0n) is 11.4. The van der Waals surface area contributed by atoms with Crippen molar-refractivity contribution in [3.8, 4) is 10.4 Å². The molecule has 0 spiro atoms. The molecule has 1 fully saturated rings. The van der Waals surface area contributed by atoms with Crippen LogP contribution in [0.15, 0.2) is 29.8 Å². The number of rotatable bonds is 2. The van der Waals surface area contributed by atoms with Gasteiger partial charge in [0.1, 0.15) is 5.69 Å². The van der Waals surface area contributed by atoms with E-state index in [2.05, 4.69) is 18.0 Å². The predicted octanol–water partition coefficient (Wildman–Crippen LogP) is 2.29. The maximum absolute atomic E-state index is 12.6. The second kappa shape index (κ2) is 5.34. The Morgan fingerprint density at radius 3 is 2.95 bits per heavy atom. The second-order valence-corrected chi connectivity index (χ2v) is 6.00. The van der Waals surface area contributed by atoms with Crippen molar-refractivity contribution in [2.45, 2.75) is 19.4 Å². The van der Waals surface area contributed by atoms with Gasteiger partial charge in [0.15, 0.2) is 0 Å². The highest BCUT2D eigenvalue weighted by molar-refractivity contribution is 7.13. The van der Waals surface area contributed by atoms with Crippen LogP contribution in [0.2, 0.25) is 0 Å². The first-order valence-electron chi connectivity index (χ1n) is 6.71. The van der Waals surface area contributed by atoms with Crippen LogP contribution in [0.1, 0.15) is 22.5 Å². The van der Waals surface area contributed by atoms with Gasteiger partial charge in [-0.3, -0.25) is 4.79 Å². The van der Waals surface area contributed by atoms with Crippen LogP contribution in [0.5, 0.6) is 0 Å². The van der Waals surface area contributed by atoms with Crippen molar-refractivity contribution < 1.29 is 4.79 Å². The van der Waals surface area contributed by atoms with Gasteiger partial charge in [-0.1, -0.05) is 24.3 Å². The van der Waals surface area contributed by atoms with Crippen LogP contribution in [0.25, 0.3) is 10.4 Å². The highest BCUT2D eigenvalue weighted by Crippen LogP contribution is 2.31. The maximum atomic E-state index is 12.6. The number of aryl methyl sites for hydroxylation is 1. The molecule has 2 heterocycles. The van der Waals surface area contributed by atoms with Gasteiger partial charge in [-0.15, -0.1) is 11.3 Å². The third kappa shape index (κ3) is 2.34. The first-order valence-corrected chi connectivity index (χ1v) is 7.59. The SMILES string of the molecule is Cc1ccccc1-c1scnc1C(=O)N1CCC(N)C1. The van der Waals surface area contributed by atoms with Gasteiger partial charge in [-0.2, -0.15) is 0 Å². The number of thiazole rings is 1. The molecule has 2 N–H and O–H groups in total. The molecule has 3 rings (SSSR count). The van der Waals surface area contributed by atoms with Gasteiger partial charge < -0.3 is 10.6 Å². The number of amides is 1. The van der Waals surface area contributed by atoms with E-state index in [1.54, 1.807) is 5.51 Å². The van der Waals surface area contributed by atoms with E-state index in [0.717, 1.165) is 29.0 Å². The van der Waals surface area contributed by atoms with Gasteiger partial charge in [-0.25, -0.2) is 4.98 Å². The smallest absolute Gasteiger partial charge is 0.274 e. The van der Waals surface area contributed by atoms with Crippen molar-refractivity contribution in [1.29, 1.82) is 0 Å². The Labute approximate surface area is 122 Å². The van der Waals surface area contributed by atoms with Crippen molar-refractivity contribution in [2.75, 3.05) is 13.1 Å². The van der Waals surface area contributed by atoms with Gasteiger partial charge in [-0.05, 0) is 24.5 Å². The first-order chi connectivity index (χ1) is 9.66. The lowest BCUT2D eigenvalue weighted by atomic mass is 10.1. The fourth-order valence-electron chi connectivity index (χ4n) is 2.54. The molecule has 1 saturated heterocycles. The molecule has 1 atom stereocenters. The van der Waals surface area contributed by atoms with Crippen molar-refractivity contribution >= 4 is 17.2 Å². The molecular formula is C15H17N3OS. The fourth-order valence-corrected chi connectivity index (χ4v) is 3.41. The number of carbonyl (C=O) groups is 1. The zero-order chi connectivity index (χ0) is 14.1. The molecule has 104 valence electrons. The van der Waals surface area contributed by atoms with Crippen molar-refractivity contribution in [2.24, 2.45) is 5.73 Å². The summed E-state index contributed by atoms with van der Waals surface area (Å²) >= 11 is 1.51. The van der Waals surface area contributed by atoms with E-state index in [1.165, 1.54) is 11.3 Å². The summed E-state index contributed by atoms with van der Waals surface area (Å²) < 4.78 is 0. The number of carbonyl (C=O) groups excluding carboxylic acids is 1. The first kappa shape index (κ1) is 13.3. The van der Waals surface area contributed by atoms with Gasteiger partial charge in [0.2, 0.25) is 0 Å². The number of benzene rings is 1. The summed E-state index contributed by atoms with van der Waals surface area (Å²) in [6.45, 7) is 3.41. The number of likely N-dealkylation sites (tertiary alicyclic amines) is 1. The lowest BCUT2D eigenvalue weighted by molar-refractivity contribution is 0.0786. The molecule has 1 unspecified atom stereocenters. The van der Waals surface area contributed by atoms with E-state index in [0.29, 0.717) is 12.2 Å². The number of nitrogens with zero attached hydrogens (tertiary/aromatic N) is 2. The summed E-state index contributed by atoms with van der Waals surface area (Å²) in [6.07, 6.45) is 0.871. The zero-order valence-corrected chi connectivity index (χ0v) is 12.2. The summed E-state index contributed by atoms with van der Waals surface area (Å²) in [6, 6.07) is 8.17. The molecule has 0 aliphatic carbocycles. The third-order valence-electron chi connectivity index (χ3n) is 3.67. The average molecular weight is 287 g/mol. The van der Waals surface area contributed by atoms with E-state index >= 15 is 0 Å². The third-order valence-corrected chi connectivity index (χ3v) is 4.53. The highest BCUT2D eigenvalue weighted by Gasteiger charge is 2.28. The minimum Gasteiger partial charge on any atom is -0.336 e. The molecule has 0 saturated carbocycles. The number of hydrogen-bond acceptors (Lipinski definition) is 4. The molecule has 4 nitrogen and oxygen atoms in total. The van der Waals surface area contributed by atoms with Gasteiger partial charge >= 0.3 is 0 Å². The predicted molar refractivity (Wildman–Crippen MR) is 80.8 cm³/mol. The van der Waals surface area contributed by atoms with Crippen LogP contribution in [-0.4, -0.2) is 34.9 Å². The number of aromatic nitrogens is 1. The summed E-state index contributed by atoms with van der Waals surface area (Å²) in [4.78, 5) is 19.6. The van der Waals surface area contributed by atoms with Gasteiger partial charge in [0.25, 0.3) is 5.91 Å². The lowest BCUT2D eigenvalue weighted by Gasteiger charge is -2.15. The van der Waals surface area contributed by atoms with E-state index in [9.17, 15) is 4.79 Å². The van der Waals surface area contributed by atoms with E-state index in [-0.39, 0.29) is 11.9 Å². The van der Waals surface area contributed by atoms with Crippen LogP contribution < -0.4 is 5.73 Å².